The van der Waals surface area contributed by atoms with E-state index in [9.17, 15) is 9.90 Å². The van der Waals surface area contributed by atoms with Crippen molar-refractivity contribution in [3.63, 3.8) is 0 Å². The molecule has 23 heavy (non-hydrogen) atoms. The number of hydrogen-bond acceptors (Lipinski definition) is 3. The third-order valence-corrected chi connectivity index (χ3v) is 5.61. The number of para-hydroxylation sites is 1. The highest BCUT2D eigenvalue weighted by Crippen LogP contribution is 2.37. The maximum Gasteiger partial charge on any atom is 0.220 e. The summed E-state index contributed by atoms with van der Waals surface area (Å²) >= 11 is 1.72. The maximum atomic E-state index is 12.4. The predicted octanol–water partition coefficient (Wildman–Crippen LogP) is 4.43. The molecule has 1 saturated carbocycles. The highest BCUT2D eigenvalue weighted by molar-refractivity contribution is 7.10. The second-order valence-corrected chi connectivity index (χ2v) is 7.21. The van der Waals surface area contributed by atoms with Gasteiger partial charge in [-0.25, -0.2) is 0 Å². The number of aryl methyl sites for hydroxylation is 1. The number of carbonyl (C=O) groups is 1. The topological polar surface area (TPSA) is 49.3 Å². The fourth-order valence-electron chi connectivity index (χ4n) is 3.40. The molecule has 0 spiro atoms. The van der Waals surface area contributed by atoms with Crippen LogP contribution in [0.4, 0.5) is 0 Å². The number of carbonyl (C=O) groups excluding carboxylic acids is 1. The molecule has 0 saturated heterocycles. The van der Waals surface area contributed by atoms with Gasteiger partial charge in [0.15, 0.2) is 0 Å². The molecule has 3 nitrogen and oxygen atoms in total. The van der Waals surface area contributed by atoms with Crippen molar-refractivity contribution in [2.45, 2.75) is 44.6 Å². The van der Waals surface area contributed by atoms with Crippen LogP contribution in [0.5, 0.6) is 5.75 Å². The van der Waals surface area contributed by atoms with Crippen molar-refractivity contribution in [1.29, 1.82) is 0 Å². The van der Waals surface area contributed by atoms with Crippen molar-refractivity contribution in [3.8, 4) is 5.75 Å². The Labute approximate surface area is 141 Å². The van der Waals surface area contributed by atoms with Crippen molar-refractivity contribution in [1.82, 2.24) is 5.32 Å². The molecule has 2 aromatic rings. The Morgan fingerprint density at radius 2 is 2.00 bits per heavy atom. The molecule has 3 rings (SSSR count). The molecule has 2 N–H and O–H groups in total. The van der Waals surface area contributed by atoms with Crippen LogP contribution in [0.25, 0.3) is 0 Å². The molecule has 4 heteroatoms. The van der Waals surface area contributed by atoms with E-state index in [-0.39, 0.29) is 17.7 Å². The normalized spacial score (nSPS) is 16.3. The lowest BCUT2D eigenvalue weighted by Crippen LogP contribution is -2.32. The molecule has 1 amide bonds. The summed E-state index contributed by atoms with van der Waals surface area (Å²) in [6.45, 7) is 0. The van der Waals surface area contributed by atoms with Gasteiger partial charge < -0.3 is 10.4 Å². The van der Waals surface area contributed by atoms with Gasteiger partial charge in [-0.1, -0.05) is 37.1 Å². The zero-order valence-corrected chi connectivity index (χ0v) is 14.0. The number of benzene rings is 1. The molecule has 1 aromatic carbocycles. The van der Waals surface area contributed by atoms with Gasteiger partial charge in [-0.15, -0.1) is 11.3 Å². The summed E-state index contributed by atoms with van der Waals surface area (Å²) in [6.07, 6.45) is 5.90. The van der Waals surface area contributed by atoms with E-state index in [2.05, 4.69) is 22.8 Å². The Morgan fingerprint density at radius 3 is 2.70 bits per heavy atom. The largest absolute Gasteiger partial charge is 0.508 e. The second-order valence-electron chi connectivity index (χ2n) is 6.23. The van der Waals surface area contributed by atoms with Crippen LogP contribution < -0.4 is 5.32 Å². The third kappa shape index (κ3) is 4.14. The molecular formula is C19H23NO2S. The summed E-state index contributed by atoms with van der Waals surface area (Å²) in [5.74, 6) is 0.896. The number of phenols is 1. The van der Waals surface area contributed by atoms with E-state index in [4.69, 9.17) is 0 Å². The number of amides is 1. The summed E-state index contributed by atoms with van der Waals surface area (Å²) in [7, 11) is 0. The minimum Gasteiger partial charge on any atom is -0.508 e. The molecule has 1 heterocycles. The lowest BCUT2D eigenvalue weighted by atomic mass is 9.96. The highest BCUT2D eigenvalue weighted by atomic mass is 32.1. The third-order valence-electron chi connectivity index (χ3n) is 4.65. The van der Waals surface area contributed by atoms with E-state index in [1.165, 1.54) is 30.6 Å². The number of thiophene rings is 1. The molecule has 0 unspecified atom stereocenters. The second kappa shape index (κ2) is 7.64. The van der Waals surface area contributed by atoms with Gasteiger partial charge in [-0.05, 0) is 48.3 Å². The Morgan fingerprint density at radius 1 is 1.22 bits per heavy atom. The highest BCUT2D eigenvalue weighted by Gasteiger charge is 2.28. The first-order valence-corrected chi connectivity index (χ1v) is 9.21. The number of hydrogen-bond donors (Lipinski definition) is 2. The lowest BCUT2D eigenvalue weighted by Gasteiger charge is -2.24. The molecule has 0 radical (unpaired) electrons. The van der Waals surface area contributed by atoms with Crippen molar-refractivity contribution < 1.29 is 9.90 Å². The summed E-state index contributed by atoms with van der Waals surface area (Å²) in [6, 6.07) is 11.5. The van der Waals surface area contributed by atoms with E-state index >= 15 is 0 Å². The maximum absolute atomic E-state index is 12.4. The number of rotatable bonds is 6. The van der Waals surface area contributed by atoms with Crippen molar-refractivity contribution >= 4 is 17.2 Å². The standard InChI is InChI=1S/C19H23NO2S/c21-16-9-4-3-6-14(16)11-12-18(22)20-19(15-7-1-2-8-15)17-10-5-13-23-17/h3-6,9-10,13,15,19,21H,1-2,7-8,11-12H2,(H,20,22)/t19-/m1/s1. The monoisotopic (exact) mass is 329 g/mol. The minimum atomic E-state index is 0.0681. The van der Waals surface area contributed by atoms with Crippen LogP contribution in [-0.2, 0) is 11.2 Å². The van der Waals surface area contributed by atoms with Gasteiger partial charge in [0.2, 0.25) is 5.91 Å². The first-order chi connectivity index (χ1) is 11.2. The van der Waals surface area contributed by atoms with E-state index in [0.29, 0.717) is 18.8 Å². The van der Waals surface area contributed by atoms with Crippen LogP contribution >= 0.6 is 11.3 Å². The average Bonchev–Trinajstić information content (AvgIpc) is 3.25. The van der Waals surface area contributed by atoms with Crippen molar-refractivity contribution in [2.24, 2.45) is 5.92 Å². The summed E-state index contributed by atoms with van der Waals surface area (Å²) in [4.78, 5) is 13.7. The van der Waals surface area contributed by atoms with E-state index in [0.717, 1.165) is 5.56 Å². The number of aromatic hydroxyl groups is 1. The SMILES string of the molecule is O=C(CCc1ccccc1O)N[C@@H](c1cccs1)C1CCCC1. The Hall–Kier alpha value is -1.81. The Kier molecular flexibility index (Phi) is 5.34. The van der Waals surface area contributed by atoms with Gasteiger partial charge in [-0.3, -0.25) is 4.79 Å². The van der Waals surface area contributed by atoms with Gasteiger partial charge in [-0.2, -0.15) is 0 Å². The van der Waals surface area contributed by atoms with E-state index in [1.807, 2.05) is 12.1 Å². The molecule has 1 aliphatic carbocycles. The first kappa shape index (κ1) is 16.1. The Bertz CT molecular complexity index is 633. The minimum absolute atomic E-state index is 0.0681. The molecule has 1 fully saturated rings. The fraction of sp³-hybridized carbons (Fsp3) is 0.421. The van der Waals surface area contributed by atoms with Crippen LogP contribution in [-0.4, -0.2) is 11.0 Å². The summed E-state index contributed by atoms with van der Waals surface area (Å²) < 4.78 is 0. The lowest BCUT2D eigenvalue weighted by molar-refractivity contribution is -0.122. The molecule has 122 valence electrons. The van der Waals surface area contributed by atoms with Crippen LogP contribution in [0.1, 0.15) is 48.6 Å². The summed E-state index contributed by atoms with van der Waals surface area (Å²) in [5.41, 5.74) is 0.830. The van der Waals surface area contributed by atoms with Gasteiger partial charge in [0, 0.05) is 11.3 Å². The zero-order chi connectivity index (χ0) is 16.1. The van der Waals surface area contributed by atoms with E-state index < -0.39 is 0 Å². The van der Waals surface area contributed by atoms with Crippen LogP contribution in [0, 0.1) is 5.92 Å². The molecule has 0 bridgehead atoms. The van der Waals surface area contributed by atoms with Crippen molar-refractivity contribution in [2.75, 3.05) is 0 Å². The average molecular weight is 329 g/mol. The number of phenolic OH excluding ortho intramolecular Hbond substituents is 1. The molecular weight excluding hydrogens is 306 g/mol. The van der Waals surface area contributed by atoms with Gasteiger partial charge in [0.05, 0.1) is 6.04 Å². The molecule has 1 aliphatic rings. The Balaban J connectivity index is 1.61. The van der Waals surface area contributed by atoms with Crippen LogP contribution in [0.3, 0.4) is 0 Å². The molecule has 1 aromatic heterocycles. The predicted molar refractivity (Wildman–Crippen MR) is 93.6 cm³/mol. The first-order valence-electron chi connectivity index (χ1n) is 8.33. The summed E-state index contributed by atoms with van der Waals surface area (Å²) in [5, 5.41) is 15.1. The quantitative estimate of drug-likeness (QED) is 0.823. The fourth-order valence-corrected chi connectivity index (χ4v) is 4.27. The number of nitrogens with one attached hydrogen (secondary N) is 1. The molecule has 1 atom stereocenters. The van der Waals surface area contributed by atoms with Gasteiger partial charge >= 0.3 is 0 Å². The zero-order valence-electron chi connectivity index (χ0n) is 13.2. The van der Waals surface area contributed by atoms with Crippen LogP contribution in [0.2, 0.25) is 0 Å². The van der Waals surface area contributed by atoms with Gasteiger partial charge in [0.1, 0.15) is 5.75 Å². The molecule has 0 aliphatic heterocycles. The van der Waals surface area contributed by atoms with E-state index in [1.54, 1.807) is 23.5 Å². The van der Waals surface area contributed by atoms with Crippen molar-refractivity contribution in [3.05, 3.63) is 52.2 Å². The van der Waals surface area contributed by atoms with Gasteiger partial charge in [0.25, 0.3) is 0 Å². The van der Waals surface area contributed by atoms with Crippen LogP contribution in [0.15, 0.2) is 41.8 Å². The smallest absolute Gasteiger partial charge is 0.220 e.